The van der Waals surface area contributed by atoms with Gasteiger partial charge in [-0.15, -0.1) is 0 Å². The second-order valence-corrected chi connectivity index (χ2v) is 7.61. The Balaban J connectivity index is 1.82. The van der Waals surface area contributed by atoms with Crippen molar-refractivity contribution in [3.05, 3.63) is 84.2 Å². The maximum atomic E-state index is 14.5. The van der Waals surface area contributed by atoms with Gasteiger partial charge in [-0.3, -0.25) is 4.79 Å². The van der Waals surface area contributed by atoms with Gasteiger partial charge in [-0.05, 0) is 72.0 Å². The Morgan fingerprint density at radius 1 is 0.879 bits per heavy atom. The number of carbonyl (C=O) groups is 1. The van der Waals surface area contributed by atoms with Crippen molar-refractivity contribution in [3.8, 4) is 34.1 Å². The van der Waals surface area contributed by atoms with Crippen LogP contribution in [-0.4, -0.2) is 25.3 Å². The second kappa shape index (κ2) is 9.20. The summed E-state index contributed by atoms with van der Waals surface area (Å²) >= 11 is 0. The van der Waals surface area contributed by atoms with E-state index in [-0.39, 0.29) is 5.75 Å². The summed E-state index contributed by atoms with van der Waals surface area (Å²) in [4.78, 5) is 11.3. The number of halogens is 1. The lowest BCUT2D eigenvalue weighted by molar-refractivity contribution is -0.138. The second-order valence-electron chi connectivity index (χ2n) is 7.61. The third-order valence-electron chi connectivity index (χ3n) is 5.61. The van der Waals surface area contributed by atoms with Crippen molar-refractivity contribution in [2.45, 2.75) is 12.8 Å². The Hall–Kier alpha value is -4.06. The number of aliphatic carboxylic acids is 1. The van der Waals surface area contributed by atoms with Crippen molar-refractivity contribution in [3.63, 3.8) is 0 Å². The molecule has 33 heavy (non-hydrogen) atoms. The zero-order valence-electron chi connectivity index (χ0n) is 18.5. The fraction of sp³-hybridized carbons (Fsp3) is 0.148. The van der Waals surface area contributed by atoms with E-state index in [9.17, 15) is 14.3 Å². The third-order valence-corrected chi connectivity index (χ3v) is 5.61. The number of fused-ring (bicyclic) bond motifs is 1. The summed E-state index contributed by atoms with van der Waals surface area (Å²) < 4.78 is 31.1. The first kappa shape index (κ1) is 22.1. The van der Waals surface area contributed by atoms with Crippen LogP contribution in [0.25, 0.3) is 21.9 Å². The van der Waals surface area contributed by atoms with Crippen molar-refractivity contribution >= 4 is 16.7 Å². The summed E-state index contributed by atoms with van der Waals surface area (Å²) in [5.41, 5.74) is 2.02. The van der Waals surface area contributed by atoms with Gasteiger partial charge in [0.1, 0.15) is 17.2 Å². The number of hydrogen-bond donors (Lipinski definition) is 1. The van der Waals surface area contributed by atoms with Crippen LogP contribution in [0.5, 0.6) is 23.0 Å². The molecule has 0 saturated carbocycles. The first-order valence-electron chi connectivity index (χ1n) is 10.4. The van der Waals surface area contributed by atoms with Gasteiger partial charge in [0, 0.05) is 10.9 Å². The lowest BCUT2D eigenvalue weighted by atomic mass is 9.99. The zero-order chi connectivity index (χ0) is 23.5. The van der Waals surface area contributed by atoms with E-state index >= 15 is 0 Å². The Morgan fingerprint density at radius 2 is 1.61 bits per heavy atom. The van der Waals surface area contributed by atoms with Crippen LogP contribution in [0.4, 0.5) is 4.39 Å². The standard InChI is InChI=1S/C27H23FO5/c1-16(27(29)30)17-4-8-20(9-5-17)33-26-22(19-7-13-25(32-3)24(28)15-19)11-6-18-14-21(31-2)10-12-23(18)26/h4-16H,1-3H3,(H,29,30). The molecule has 4 aromatic carbocycles. The van der Waals surface area contributed by atoms with Crippen LogP contribution in [-0.2, 0) is 4.79 Å². The molecule has 1 unspecified atom stereocenters. The molecule has 0 saturated heterocycles. The quantitative estimate of drug-likeness (QED) is 0.345. The molecule has 0 aliphatic rings. The van der Waals surface area contributed by atoms with Gasteiger partial charge in [-0.2, -0.15) is 0 Å². The molecule has 0 amide bonds. The molecule has 0 aliphatic carbocycles. The van der Waals surface area contributed by atoms with Crippen molar-refractivity contribution in [2.24, 2.45) is 0 Å². The van der Waals surface area contributed by atoms with Crippen LogP contribution in [0.15, 0.2) is 72.8 Å². The van der Waals surface area contributed by atoms with E-state index in [0.29, 0.717) is 33.9 Å². The third kappa shape index (κ3) is 4.46. The van der Waals surface area contributed by atoms with E-state index in [1.54, 1.807) is 50.4 Å². The molecule has 0 radical (unpaired) electrons. The highest BCUT2D eigenvalue weighted by Gasteiger charge is 2.17. The highest BCUT2D eigenvalue weighted by molar-refractivity contribution is 5.96. The minimum Gasteiger partial charge on any atom is -0.497 e. The summed E-state index contributed by atoms with van der Waals surface area (Å²) in [7, 11) is 3.03. The number of methoxy groups -OCH3 is 2. The fourth-order valence-electron chi connectivity index (χ4n) is 3.66. The molecule has 168 valence electrons. The molecule has 4 rings (SSSR count). The van der Waals surface area contributed by atoms with Gasteiger partial charge in [0.2, 0.25) is 0 Å². The number of hydrogen-bond acceptors (Lipinski definition) is 4. The van der Waals surface area contributed by atoms with Gasteiger partial charge >= 0.3 is 5.97 Å². The molecule has 4 aromatic rings. The molecule has 0 bridgehead atoms. The fourth-order valence-corrected chi connectivity index (χ4v) is 3.66. The Morgan fingerprint density at radius 3 is 2.24 bits per heavy atom. The van der Waals surface area contributed by atoms with E-state index in [1.807, 2.05) is 30.3 Å². The molecule has 0 fully saturated rings. The highest BCUT2D eigenvalue weighted by Crippen LogP contribution is 2.41. The molecule has 1 atom stereocenters. The van der Waals surface area contributed by atoms with Gasteiger partial charge in [-0.25, -0.2) is 4.39 Å². The summed E-state index contributed by atoms with van der Waals surface area (Å²) in [6.07, 6.45) is 0. The average Bonchev–Trinajstić information content (AvgIpc) is 2.83. The van der Waals surface area contributed by atoms with E-state index in [0.717, 1.165) is 10.8 Å². The predicted molar refractivity (Wildman–Crippen MR) is 125 cm³/mol. The Bertz CT molecular complexity index is 1310. The SMILES string of the molecule is COc1ccc2c(Oc3ccc(C(C)C(=O)O)cc3)c(-c3ccc(OC)c(F)c3)ccc2c1. The molecule has 0 aromatic heterocycles. The molecule has 5 nitrogen and oxygen atoms in total. The molecule has 0 aliphatic heterocycles. The van der Waals surface area contributed by atoms with Gasteiger partial charge in [0.05, 0.1) is 20.1 Å². The maximum Gasteiger partial charge on any atom is 0.310 e. The Labute approximate surface area is 191 Å². The molecular formula is C27H23FO5. The molecule has 6 heteroatoms. The lowest BCUT2D eigenvalue weighted by Gasteiger charge is -2.16. The first-order chi connectivity index (χ1) is 15.9. The minimum atomic E-state index is -0.893. The smallest absolute Gasteiger partial charge is 0.310 e. The van der Waals surface area contributed by atoms with Crippen LogP contribution in [0, 0.1) is 5.82 Å². The van der Waals surface area contributed by atoms with Crippen molar-refractivity contribution in [1.82, 2.24) is 0 Å². The van der Waals surface area contributed by atoms with E-state index < -0.39 is 17.7 Å². The Kier molecular flexibility index (Phi) is 6.18. The van der Waals surface area contributed by atoms with E-state index in [4.69, 9.17) is 14.2 Å². The molecule has 0 spiro atoms. The maximum absolute atomic E-state index is 14.5. The average molecular weight is 446 g/mol. The van der Waals surface area contributed by atoms with E-state index in [2.05, 4.69) is 0 Å². The normalized spacial score (nSPS) is 11.8. The van der Waals surface area contributed by atoms with Gasteiger partial charge < -0.3 is 19.3 Å². The van der Waals surface area contributed by atoms with Crippen LogP contribution in [0.3, 0.4) is 0 Å². The number of carboxylic acids is 1. The van der Waals surface area contributed by atoms with Gasteiger partial charge in [-0.1, -0.05) is 24.3 Å². The van der Waals surface area contributed by atoms with Gasteiger partial charge in [0.25, 0.3) is 0 Å². The molecule has 1 N–H and O–H groups in total. The highest BCUT2D eigenvalue weighted by atomic mass is 19.1. The number of carboxylic acid groups (broad SMARTS) is 1. The van der Waals surface area contributed by atoms with Crippen LogP contribution < -0.4 is 14.2 Å². The summed E-state index contributed by atoms with van der Waals surface area (Å²) in [5, 5.41) is 11.0. The zero-order valence-corrected chi connectivity index (χ0v) is 18.5. The largest absolute Gasteiger partial charge is 0.497 e. The van der Waals surface area contributed by atoms with Crippen molar-refractivity contribution in [2.75, 3.05) is 14.2 Å². The number of rotatable bonds is 7. The number of benzene rings is 4. The summed E-state index contributed by atoms with van der Waals surface area (Å²) in [6.45, 7) is 1.63. The van der Waals surface area contributed by atoms with Crippen LogP contribution in [0.1, 0.15) is 18.4 Å². The van der Waals surface area contributed by atoms with Gasteiger partial charge in [0.15, 0.2) is 11.6 Å². The summed E-state index contributed by atoms with van der Waals surface area (Å²) in [5.74, 6) is -0.0209. The minimum absolute atomic E-state index is 0.162. The topological polar surface area (TPSA) is 65.0 Å². The first-order valence-corrected chi connectivity index (χ1v) is 10.4. The van der Waals surface area contributed by atoms with E-state index in [1.165, 1.54) is 13.2 Å². The molecular weight excluding hydrogens is 423 g/mol. The predicted octanol–water partition coefficient (Wildman–Crippen LogP) is 6.64. The molecule has 0 heterocycles. The summed E-state index contributed by atoms with van der Waals surface area (Å²) in [6, 6.07) is 21.1. The number of ether oxygens (including phenoxy) is 3. The van der Waals surface area contributed by atoms with Crippen LogP contribution >= 0.6 is 0 Å². The van der Waals surface area contributed by atoms with Crippen molar-refractivity contribution in [1.29, 1.82) is 0 Å². The van der Waals surface area contributed by atoms with Crippen LogP contribution in [0.2, 0.25) is 0 Å². The lowest BCUT2D eigenvalue weighted by Crippen LogP contribution is -2.06. The monoisotopic (exact) mass is 446 g/mol. The van der Waals surface area contributed by atoms with Crippen molar-refractivity contribution < 1.29 is 28.5 Å².